The highest BCUT2D eigenvalue weighted by Gasteiger charge is 2.43. The molecular weight excluding hydrogens is 200 g/mol. The van der Waals surface area contributed by atoms with Crippen molar-refractivity contribution in [1.29, 1.82) is 0 Å². The first-order chi connectivity index (χ1) is 7.84. The fraction of sp³-hybridized carbons (Fsp3) is 0.538. The molecule has 0 spiro atoms. The van der Waals surface area contributed by atoms with E-state index in [1.54, 1.807) is 0 Å². The molecule has 0 unspecified atom stereocenters. The summed E-state index contributed by atoms with van der Waals surface area (Å²) in [5, 5.41) is 0. The van der Waals surface area contributed by atoms with Crippen molar-refractivity contribution in [2.24, 2.45) is 5.73 Å². The molecule has 2 aliphatic heterocycles. The number of benzene rings is 1. The Morgan fingerprint density at radius 3 is 2.62 bits per heavy atom. The zero-order chi connectivity index (χ0) is 11.0. The predicted molar refractivity (Wildman–Crippen MR) is 63.2 cm³/mol. The molecule has 0 radical (unpaired) electrons. The van der Waals surface area contributed by atoms with E-state index in [2.05, 4.69) is 29.2 Å². The van der Waals surface area contributed by atoms with Crippen molar-refractivity contribution in [2.45, 2.75) is 18.5 Å². The van der Waals surface area contributed by atoms with Crippen LogP contribution in [0.3, 0.4) is 0 Å². The van der Waals surface area contributed by atoms with Crippen molar-refractivity contribution in [3.8, 4) is 0 Å². The zero-order valence-electron chi connectivity index (χ0n) is 9.48. The summed E-state index contributed by atoms with van der Waals surface area (Å²) in [7, 11) is 0. The van der Waals surface area contributed by atoms with E-state index in [0.29, 0.717) is 6.54 Å². The minimum atomic E-state index is 0.119. The molecule has 0 atom stereocenters. The molecule has 1 aromatic rings. The number of ether oxygens (including phenoxy) is 1. The number of nitrogens with zero attached hydrogens (tertiary/aromatic N) is 1. The molecule has 0 aromatic heterocycles. The Morgan fingerprint density at radius 2 is 2.00 bits per heavy atom. The molecule has 2 N–H and O–H groups in total. The van der Waals surface area contributed by atoms with Crippen molar-refractivity contribution >= 4 is 0 Å². The lowest BCUT2D eigenvalue weighted by Crippen LogP contribution is -2.66. The lowest BCUT2D eigenvalue weighted by atomic mass is 9.90. The topological polar surface area (TPSA) is 38.5 Å². The summed E-state index contributed by atoms with van der Waals surface area (Å²) < 4.78 is 5.35. The molecule has 16 heavy (non-hydrogen) atoms. The molecule has 3 nitrogen and oxygen atoms in total. The SMILES string of the molecule is NCC1(N2CCc3ccccc3C2)COC1. The maximum atomic E-state index is 5.90. The quantitative estimate of drug-likeness (QED) is 0.797. The van der Waals surface area contributed by atoms with Gasteiger partial charge in [0.1, 0.15) is 0 Å². The van der Waals surface area contributed by atoms with Crippen LogP contribution in [0.4, 0.5) is 0 Å². The maximum absolute atomic E-state index is 5.90. The molecule has 1 fully saturated rings. The smallest absolute Gasteiger partial charge is 0.0805 e. The number of rotatable bonds is 2. The molecule has 3 rings (SSSR count). The summed E-state index contributed by atoms with van der Waals surface area (Å²) in [5.41, 5.74) is 8.96. The van der Waals surface area contributed by atoms with Crippen LogP contribution in [0.25, 0.3) is 0 Å². The van der Waals surface area contributed by atoms with Crippen LogP contribution in [0, 0.1) is 0 Å². The van der Waals surface area contributed by atoms with E-state index >= 15 is 0 Å². The Hall–Kier alpha value is -0.900. The summed E-state index contributed by atoms with van der Waals surface area (Å²) in [5.74, 6) is 0. The van der Waals surface area contributed by atoms with Gasteiger partial charge in [-0.05, 0) is 17.5 Å². The molecule has 0 amide bonds. The van der Waals surface area contributed by atoms with Gasteiger partial charge >= 0.3 is 0 Å². The van der Waals surface area contributed by atoms with Crippen LogP contribution in [-0.2, 0) is 17.7 Å². The van der Waals surface area contributed by atoms with Crippen LogP contribution in [0.5, 0.6) is 0 Å². The molecule has 1 saturated heterocycles. The van der Waals surface area contributed by atoms with Crippen LogP contribution in [0.1, 0.15) is 11.1 Å². The highest BCUT2D eigenvalue weighted by atomic mass is 16.5. The first-order valence-electron chi connectivity index (χ1n) is 5.94. The highest BCUT2D eigenvalue weighted by Crippen LogP contribution is 2.29. The van der Waals surface area contributed by atoms with E-state index in [9.17, 15) is 0 Å². The number of nitrogens with two attached hydrogens (primary N) is 1. The second-order valence-electron chi connectivity index (χ2n) is 4.86. The fourth-order valence-corrected chi connectivity index (χ4v) is 2.67. The Bertz CT molecular complexity index is 382. The minimum absolute atomic E-state index is 0.119. The van der Waals surface area contributed by atoms with Crippen LogP contribution in [0.15, 0.2) is 24.3 Å². The van der Waals surface area contributed by atoms with E-state index in [1.165, 1.54) is 11.1 Å². The molecule has 0 aliphatic carbocycles. The van der Waals surface area contributed by atoms with Crippen molar-refractivity contribution in [3.05, 3.63) is 35.4 Å². The van der Waals surface area contributed by atoms with Crippen molar-refractivity contribution < 1.29 is 4.74 Å². The van der Waals surface area contributed by atoms with Crippen LogP contribution >= 0.6 is 0 Å². The average Bonchev–Trinajstić information content (AvgIpc) is 2.28. The van der Waals surface area contributed by atoms with Gasteiger partial charge in [-0.1, -0.05) is 24.3 Å². The third-order valence-electron chi connectivity index (χ3n) is 3.92. The summed E-state index contributed by atoms with van der Waals surface area (Å²) in [6.45, 7) is 4.43. The second kappa shape index (κ2) is 3.84. The van der Waals surface area contributed by atoms with Crippen LogP contribution in [-0.4, -0.2) is 36.7 Å². The van der Waals surface area contributed by atoms with Gasteiger partial charge in [-0.3, -0.25) is 4.90 Å². The maximum Gasteiger partial charge on any atom is 0.0805 e. The van der Waals surface area contributed by atoms with E-state index in [1.807, 2.05) is 0 Å². The molecule has 1 aromatic carbocycles. The Morgan fingerprint density at radius 1 is 1.25 bits per heavy atom. The van der Waals surface area contributed by atoms with Crippen molar-refractivity contribution in [1.82, 2.24) is 4.90 Å². The Labute approximate surface area is 96.2 Å². The molecular formula is C13H18N2O. The number of hydrogen-bond donors (Lipinski definition) is 1. The van der Waals surface area contributed by atoms with E-state index in [-0.39, 0.29) is 5.54 Å². The molecule has 0 saturated carbocycles. The van der Waals surface area contributed by atoms with Gasteiger partial charge in [0.2, 0.25) is 0 Å². The van der Waals surface area contributed by atoms with E-state index in [4.69, 9.17) is 10.5 Å². The summed E-state index contributed by atoms with van der Waals surface area (Å²) in [6.07, 6.45) is 1.14. The predicted octanol–water partition coefficient (Wildman–Crippen LogP) is 0.772. The largest absolute Gasteiger partial charge is 0.377 e. The molecule has 2 heterocycles. The fourth-order valence-electron chi connectivity index (χ4n) is 2.67. The Balaban J connectivity index is 1.82. The van der Waals surface area contributed by atoms with Gasteiger partial charge in [0, 0.05) is 19.6 Å². The normalized spacial score (nSPS) is 23.6. The highest BCUT2D eigenvalue weighted by molar-refractivity contribution is 5.29. The average molecular weight is 218 g/mol. The summed E-state index contributed by atoms with van der Waals surface area (Å²) >= 11 is 0. The van der Waals surface area contributed by atoms with Gasteiger partial charge in [0.05, 0.1) is 18.8 Å². The Kier molecular flexibility index (Phi) is 2.46. The monoisotopic (exact) mass is 218 g/mol. The van der Waals surface area contributed by atoms with Gasteiger partial charge in [0.15, 0.2) is 0 Å². The van der Waals surface area contributed by atoms with Gasteiger partial charge in [-0.2, -0.15) is 0 Å². The van der Waals surface area contributed by atoms with E-state index in [0.717, 1.165) is 32.7 Å². The standard InChI is InChI=1S/C13H18N2O/c14-8-13(9-16-10-13)15-6-5-11-3-1-2-4-12(11)7-15/h1-4H,5-10,14H2. The molecule has 86 valence electrons. The third-order valence-corrected chi connectivity index (χ3v) is 3.92. The third kappa shape index (κ3) is 1.47. The van der Waals surface area contributed by atoms with Gasteiger partial charge < -0.3 is 10.5 Å². The first kappa shape index (κ1) is 10.3. The lowest BCUT2D eigenvalue weighted by molar-refractivity contribution is -0.140. The molecule has 0 bridgehead atoms. The van der Waals surface area contributed by atoms with Crippen LogP contribution < -0.4 is 5.73 Å². The van der Waals surface area contributed by atoms with Gasteiger partial charge in [-0.25, -0.2) is 0 Å². The van der Waals surface area contributed by atoms with Gasteiger partial charge in [0.25, 0.3) is 0 Å². The molecule has 3 heteroatoms. The summed E-state index contributed by atoms with van der Waals surface area (Å²) in [4.78, 5) is 2.50. The van der Waals surface area contributed by atoms with Crippen molar-refractivity contribution in [2.75, 3.05) is 26.3 Å². The van der Waals surface area contributed by atoms with Gasteiger partial charge in [-0.15, -0.1) is 0 Å². The number of fused-ring (bicyclic) bond motifs is 1. The first-order valence-corrected chi connectivity index (χ1v) is 5.94. The zero-order valence-corrected chi connectivity index (χ0v) is 9.48. The minimum Gasteiger partial charge on any atom is -0.377 e. The second-order valence-corrected chi connectivity index (χ2v) is 4.86. The van der Waals surface area contributed by atoms with Crippen molar-refractivity contribution in [3.63, 3.8) is 0 Å². The lowest BCUT2D eigenvalue weighted by Gasteiger charge is -2.50. The molecule has 2 aliphatic rings. The van der Waals surface area contributed by atoms with E-state index < -0.39 is 0 Å². The number of hydrogen-bond acceptors (Lipinski definition) is 3. The summed E-state index contributed by atoms with van der Waals surface area (Å²) in [6, 6.07) is 8.71. The van der Waals surface area contributed by atoms with Crippen LogP contribution in [0.2, 0.25) is 0 Å².